The van der Waals surface area contributed by atoms with Crippen LogP contribution in [0.3, 0.4) is 0 Å². The van der Waals surface area contributed by atoms with Crippen molar-refractivity contribution in [2.75, 3.05) is 13.1 Å². The molecule has 0 fully saturated rings. The zero-order chi connectivity index (χ0) is 21.5. The van der Waals surface area contributed by atoms with Gasteiger partial charge in [-0.1, -0.05) is 41.0 Å². The molecule has 2 N–H and O–H groups in total. The monoisotopic (exact) mass is 429 g/mol. The van der Waals surface area contributed by atoms with Gasteiger partial charge in [-0.3, -0.25) is 19.7 Å². The van der Waals surface area contributed by atoms with E-state index in [-0.39, 0.29) is 42.8 Å². The van der Waals surface area contributed by atoms with Crippen molar-refractivity contribution in [2.24, 2.45) is 0 Å². The van der Waals surface area contributed by atoms with Crippen LogP contribution in [-0.4, -0.2) is 40.0 Å². The highest BCUT2D eigenvalue weighted by molar-refractivity contribution is 6.30. The molecule has 2 aromatic carbocycles. The minimum Gasteiger partial charge on any atom is -0.354 e. The summed E-state index contributed by atoms with van der Waals surface area (Å²) in [6.45, 7) is 0.340. The van der Waals surface area contributed by atoms with Crippen molar-refractivity contribution < 1.29 is 19.0 Å². The van der Waals surface area contributed by atoms with Crippen molar-refractivity contribution in [1.82, 2.24) is 20.8 Å². The number of amides is 2. The molecule has 0 saturated carbocycles. The molecule has 0 spiro atoms. The number of non-ortho nitro benzene ring substituents is 1. The number of rotatable bonds is 8. The van der Waals surface area contributed by atoms with E-state index in [1.165, 1.54) is 24.3 Å². The average molecular weight is 430 g/mol. The molecule has 11 heteroatoms. The second-order valence-corrected chi connectivity index (χ2v) is 6.58. The topological polar surface area (TPSA) is 140 Å². The molecule has 30 heavy (non-hydrogen) atoms. The van der Waals surface area contributed by atoms with Crippen molar-refractivity contribution in [1.29, 1.82) is 0 Å². The maximum atomic E-state index is 12.1. The number of carbonyl (C=O) groups excluding carboxylic acids is 2. The van der Waals surface area contributed by atoms with Crippen LogP contribution in [0.1, 0.15) is 16.2 Å². The lowest BCUT2D eigenvalue weighted by molar-refractivity contribution is -0.384. The highest BCUT2D eigenvalue weighted by Crippen LogP contribution is 2.19. The summed E-state index contributed by atoms with van der Waals surface area (Å²) in [7, 11) is 0. The van der Waals surface area contributed by atoms with Gasteiger partial charge in [-0.15, -0.1) is 0 Å². The van der Waals surface area contributed by atoms with Gasteiger partial charge in [0.25, 0.3) is 5.69 Å². The zero-order valence-electron chi connectivity index (χ0n) is 15.5. The predicted octanol–water partition coefficient (Wildman–Crippen LogP) is 2.39. The third-order valence-electron chi connectivity index (χ3n) is 3.95. The quantitative estimate of drug-likeness (QED) is 0.318. The van der Waals surface area contributed by atoms with Crippen molar-refractivity contribution in [3.8, 4) is 11.4 Å². The van der Waals surface area contributed by atoms with Gasteiger partial charge in [0.05, 0.1) is 11.3 Å². The Morgan fingerprint density at radius 1 is 1.10 bits per heavy atom. The molecule has 154 valence electrons. The molecule has 0 bridgehead atoms. The Morgan fingerprint density at radius 2 is 1.83 bits per heavy atom. The van der Waals surface area contributed by atoms with Gasteiger partial charge in [0.2, 0.25) is 11.7 Å². The van der Waals surface area contributed by atoms with E-state index < -0.39 is 10.8 Å². The highest BCUT2D eigenvalue weighted by atomic mass is 35.5. The number of nitro benzene ring substituents is 1. The van der Waals surface area contributed by atoms with Gasteiger partial charge in [-0.05, 0) is 17.7 Å². The SMILES string of the molecule is O=C(Cc1ccc([N+](=O)[O-])cc1)NCCNC(=O)c1nc(-c2cccc(Cl)c2)no1. The number of nitrogens with zero attached hydrogens (tertiary/aromatic N) is 3. The molecule has 0 saturated heterocycles. The number of nitrogens with one attached hydrogen (secondary N) is 2. The highest BCUT2D eigenvalue weighted by Gasteiger charge is 2.16. The van der Waals surface area contributed by atoms with Crippen LogP contribution in [0.2, 0.25) is 5.02 Å². The second-order valence-electron chi connectivity index (χ2n) is 6.14. The first-order chi connectivity index (χ1) is 14.4. The fraction of sp³-hybridized carbons (Fsp3) is 0.158. The lowest BCUT2D eigenvalue weighted by atomic mass is 10.1. The largest absolute Gasteiger partial charge is 0.354 e. The second kappa shape index (κ2) is 9.61. The van der Waals surface area contributed by atoms with E-state index in [0.717, 1.165) is 0 Å². The van der Waals surface area contributed by atoms with Crippen LogP contribution in [0.5, 0.6) is 0 Å². The molecule has 3 rings (SSSR count). The molecule has 2 amide bonds. The number of hydrogen-bond donors (Lipinski definition) is 2. The Hall–Kier alpha value is -3.79. The molecule has 0 aliphatic rings. The predicted molar refractivity (Wildman–Crippen MR) is 107 cm³/mol. The molecule has 10 nitrogen and oxygen atoms in total. The van der Waals surface area contributed by atoms with Gasteiger partial charge in [-0.2, -0.15) is 4.98 Å². The Labute approximate surface area is 175 Å². The Balaban J connectivity index is 1.42. The Kier molecular flexibility index (Phi) is 6.71. The molecule has 0 aliphatic heterocycles. The summed E-state index contributed by atoms with van der Waals surface area (Å²) in [6.07, 6.45) is 0.0681. The van der Waals surface area contributed by atoms with Gasteiger partial charge in [0, 0.05) is 35.8 Å². The first-order valence-corrected chi connectivity index (χ1v) is 9.18. The van der Waals surface area contributed by atoms with E-state index in [0.29, 0.717) is 16.1 Å². The van der Waals surface area contributed by atoms with Gasteiger partial charge < -0.3 is 15.2 Å². The van der Waals surface area contributed by atoms with E-state index >= 15 is 0 Å². The third-order valence-corrected chi connectivity index (χ3v) is 4.18. The normalized spacial score (nSPS) is 10.4. The molecular weight excluding hydrogens is 414 g/mol. The van der Waals surface area contributed by atoms with Gasteiger partial charge in [0.1, 0.15) is 0 Å². The Bertz CT molecular complexity index is 1070. The van der Waals surface area contributed by atoms with E-state index in [1.807, 2.05) is 0 Å². The first-order valence-electron chi connectivity index (χ1n) is 8.80. The van der Waals surface area contributed by atoms with E-state index in [4.69, 9.17) is 16.1 Å². The minimum absolute atomic E-state index is 0.0404. The summed E-state index contributed by atoms with van der Waals surface area (Å²) in [5.74, 6) is -0.819. The van der Waals surface area contributed by atoms with E-state index in [9.17, 15) is 19.7 Å². The number of hydrogen-bond acceptors (Lipinski definition) is 7. The minimum atomic E-state index is -0.569. The molecule has 0 atom stereocenters. The number of nitro groups is 1. The van der Waals surface area contributed by atoms with Crippen molar-refractivity contribution in [2.45, 2.75) is 6.42 Å². The first kappa shape index (κ1) is 20.9. The summed E-state index contributed by atoms with van der Waals surface area (Å²) < 4.78 is 4.95. The van der Waals surface area contributed by atoms with Crippen LogP contribution < -0.4 is 10.6 Å². The third kappa shape index (κ3) is 5.61. The summed E-state index contributed by atoms with van der Waals surface area (Å²) in [4.78, 5) is 38.1. The summed E-state index contributed by atoms with van der Waals surface area (Å²) in [6, 6.07) is 12.5. The molecular formula is C19H16ClN5O5. The van der Waals surface area contributed by atoms with Crippen LogP contribution >= 0.6 is 11.6 Å². The van der Waals surface area contributed by atoms with Crippen LogP contribution in [0.25, 0.3) is 11.4 Å². The molecule has 0 unspecified atom stereocenters. The molecule has 0 radical (unpaired) electrons. The van der Waals surface area contributed by atoms with Gasteiger partial charge >= 0.3 is 11.8 Å². The summed E-state index contributed by atoms with van der Waals surface area (Å²) in [5.41, 5.74) is 1.21. The standard InChI is InChI=1S/C19H16ClN5O5/c20-14-3-1-2-13(11-14)17-23-19(30-24-17)18(27)22-9-8-21-16(26)10-12-4-6-15(7-5-12)25(28)29/h1-7,11H,8-10H2,(H,21,26)(H,22,27). The van der Waals surface area contributed by atoms with Crippen LogP contribution in [0, 0.1) is 10.1 Å². The number of aromatic nitrogens is 2. The van der Waals surface area contributed by atoms with Crippen LogP contribution in [-0.2, 0) is 11.2 Å². The van der Waals surface area contributed by atoms with Crippen LogP contribution in [0.4, 0.5) is 5.69 Å². The maximum absolute atomic E-state index is 12.1. The van der Waals surface area contributed by atoms with Gasteiger partial charge in [0.15, 0.2) is 0 Å². The van der Waals surface area contributed by atoms with E-state index in [2.05, 4.69) is 20.8 Å². The van der Waals surface area contributed by atoms with Crippen molar-refractivity contribution in [3.05, 3.63) is 75.1 Å². The van der Waals surface area contributed by atoms with Gasteiger partial charge in [-0.25, -0.2) is 0 Å². The number of halogens is 1. The molecule has 1 heterocycles. The zero-order valence-corrected chi connectivity index (χ0v) is 16.3. The molecule has 0 aliphatic carbocycles. The molecule has 1 aromatic heterocycles. The number of benzene rings is 2. The summed E-state index contributed by atoms with van der Waals surface area (Å²) >= 11 is 5.92. The smallest absolute Gasteiger partial charge is 0.316 e. The maximum Gasteiger partial charge on any atom is 0.316 e. The van der Waals surface area contributed by atoms with Crippen molar-refractivity contribution >= 4 is 29.1 Å². The fourth-order valence-electron chi connectivity index (χ4n) is 2.50. The lowest BCUT2D eigenvalue weighted by Crippen LogP contribution is -2.35. The van der Waals surface area contributed by atoms with Crippen molar-refractivity contribution in [3.63, 3.8) is 0 Å². The summed E-state index contributed by atoms with van der Waals surface area (Å²) in [5, 5.41) is 20.1. The molecule has 3 aromatic rings. The fourth-order valence-corrected chi connectivity index (χ4v) is 2.69. The Morgan fingerprint density at radius 3 is 2.53 bits per heavy atom. The lowest BCUT2D eigenvalue weighted by Gasteiger charge is -2.06. The van der Waals surface area contributed by atoms with Crippen LogP contribution in [0.15, 0.2) is 53.1 Å². The number of carbonyl (C=O) groups is 2. The average Bonchev–Trinajstić information content (AvgIpc) is 3.22. The van der Waals surface area contributed by atoms with E-state index in [1.54, 1.807) is 24.3 Å².